The van der Waals surface area contributed by atoms with Gasteiger partial charge in [-0.15, -0.1) is 11.3 Å². The number of carbonyl (C=O) groups excluding carboxylic acids is 4. The SMILES string of the molecule is CCC1(C)NC(=O)N(CC(=O)OCC(=O)NC(c2ccc(F)cc2)c2cccs2)C1=O. The number of benzene rings is 1. The maximum atomic E-state index is 13.3. The van der Waals surface area contributed by atoms with Crippen LogP contribution in [0.1, 0.15) is 36.8 Å². The monoisotopic (exact) mass is 447 g/mol. The molecule has 0 spiro atoms. The number of nitrogens with zero attached hydrogens (tertiary/aromatic N) is 1. The van der Waals surface area contributed by atoms with Crippen molar-refractivity contribution in [1.29, 1.82) is 0 Å². The van der Waals surface area contributed by atoms with Crippen molar-refractivity contribution in [3.63, 3.8) is 0 Å². The molecule has 2 unspecified atom stereocenters. The first-order valence-corrected chi connectivity index (χ1v) is 10.5. The molecule has 31 heavy (non-hydrogen) atoms. The van der Waals surface area contributed by atoms with Gasteiger partial charge in [-0.2, -0.15) is 0 Å². The molecule has 164 valence electrons. The van der Waals surface area contributed by atoms with Crippen LogP contribution in [0.5, 0.6) is 0 Å². The summed E-state index contributed by atoms with van der Waals surface area (Å²) < 4.78 is 18.2. The Labute approximate surface area is 182 Å². The second kappa shape index (κ2) is 9.25. The van der Waals surface area contributed by atoms with E-state index < -0.39 is 54.4 Å². The minimum Gasteiger partial charge on any atom is -0.454 e. The lowest BCUT2D eigenvalue weighted by Gasteiger charge is -2.19. The topological polar surface area (TPSA) is 105 Å². The first kappa shape index (κ1) is 22.4. The number of hydrogen-bond acceptors (Lipinski definition) is 6. The van der Waals surface area contributed by atoms with Gasteiger partial charge in [0.15, 0.2) is 6.61 Å². The number of imide groups is 1. The maximum Gasteiger partial charge on any atom is 0.326 e. The van der Waals surface area contributed by atoms with Crippen molar-refractivity contribution < 1.29 is 28.3 Å². The lowest BCUT2D eigenvalue weighted by atomic mass is 9.99. The average Bonchev–Trinajstić information content (AvgIpc) is 3.35. The number of ether oxygens (including phenoxy) is 1. The molecule has 2 N–H and O–H groups in total. The number of rotatable bonds is 8. The van der Waals surface area contributed by atoms with Gasteiger partial charge in [-0.05, 0) is 42.5 Å². The van der Waals surface area contributed by atoms with Crippen molar-refractivity contribution >= 4 is 35.2 Å². The van der Waals surface area contributed by atoms with E-state index in [0.717, 1.165) is 9.78 Å². The first-order valence-electron chi connectivity index (χ1n) is 9.61. The maximum absolute atomic E-state index is 13.3. The van der Waals surface area contributed by atoms with Crippen LogP contribution in [-0.4, -0.2) is 47.4 Å². The van der Waals surface area contributed by atoms with Gasteiger partial charge in [0.25, 0.3) is 11.8 Å². The Morgan fingerprint density at radius 1 is 1.26 bits per heavy atom. The zero-order valence-electron chi connectivity index (χ0n) is 17.0. The van der Waals surface area contributed by atoms with E-state index in [1.165, 1.54) is 23.5 Å². The standard InChI is InChI=1S/C21H22FN3O5S/c1-3-21(2)19(28)25(20(29)24-21)11-17(27)30-12-16(26)23-18(15-5-4-10-31-15)13-6-8-14(22)9-7-13/h4-10,18H,3,11-12H2,1-2H3,(H,23,26)(H,24,29). The normalized spacial score (nSPS) is 19.1. The molecule has 4 amide bonds. The van der Waals surface area contributed by atoms with Crippen molar-refractivity contribution in [3.8, 4) is 0 Å². The predicted octanol–water partition coefficient (Wildman–Crippen LogP) is 2.36. The van der Waals surface area contributed by atoms with Crippen LogP contribution in [0, 0.1) is 5.82 Å². The molecule has 8 nitrogen and oxygen atoms in total. The summed E-state index contributed by atoms with van der Waals surface area (Å²) in [5.41, 5.74) is -0.389. The van der Waals surface area contributed by atoms with E-state index in [4.69, 9.17) is 4.74 Å². The molecule has 1 aromatic carbocycles. The van der Waals surface area contributed by atoms with Gasteiger partial charge in [0, 0.05) is 4.88 Å². The number of carbonyl (C=O) groups is 4. The molecule has 10 heteroatoms. The summed E-state index contributed by atoms with van der Waals surface area (Å²) in [5, 5.41) is 7.14. The van der Waals surface area contributed by atoms with Gasteiger partial charge in [0.05, 0.1) is 6.04 Å². The number of halogens is 1. The van der Waals surface area contributed by atoms with Gasteiger partial charge in [-0.1, -0.05) is 25.1 Å². The second-order valence-corrected chi connectivity index (χ2v) is 8.21. The fourth-order valence-corrected chi connectivity index (χ4v) is 3.89. The number of nitrogens with one attached hydrogen (secondary N) is 2. The number of esters is 1. The van der Waals surface area contributed by atoms with Gasteiger partial charge in [-0.3, -0.25) is 19.3 Å². The minimum absolute atomic E-state index is 0.374. The average molecular weight is 447 g/mol. The van der Waals surface area contributed by atoms with E-state index in [-0.39, 0.29) is 0 Å². The molecule has 0 radical (unpaired) electrons. The number of hydrogen-bond donors (Lipinski definition) is 2. The molecule has 0 saturated carbocycles. The Hall–Kier alpha value is -3.27. The largest absolute Gasteiger partial charge is 0.454 e. The highest BCUT2D eigenvalue weighted by Gasteiger charge is 2.47. The van der Waals surface area contributed by atoms with Crippen LogP contribution in [0.2, 0.25) is 0 Å². The van der Waals surface area contributed by atoms with Gasteiger partial charge in [0.1, 0.15) is 17.9 Å². The summed E-state index contributed by atoms with van der Waals surface area (Å²) in [6.07, 6.45) is 0.374. The van der Waals surface area contributed by atoms with Crippen molar-refractivity contribution in [2.45, 2.75) is 31.8 Å². The molecule has 1 aliphatic rings. The molecule has 0 aliphatic carbocycles. The minimum atomic E-state index is -1.06. The van der Waals surface area contributed by atoms with Crippen molar-refractivity contribution in [2.75, 3.05) is 13.2 Å². The lowest BCUT2D eigenvalue weighted by molar-refractivity contribution is -0.151. The third-order valence-corrected chi connectivity index (χ3v) is 5.98. The molecule has 2 atom stereocenters. The molecule has 1 aromatic heterocycles. The summed E-state index contributed by atoms with van der Waals surface area (Å²) in [7, 11) is 0. The fraction of sp³-hybridized carbons (Fsp3) is 0.333. The van der Waals surface area contributed by atoms with E-state index in [1.807, 2.05) is 17.5 Å². The van der Waals surface area contributed by atoms with Crippen molar-refractivity contribution in [1.82, 2.24) is 15.5 Å². The molecule has 2 aromatic rings. The summed E-state index contributed by atoms with van der Waals surface area (Å²) >= 11 is 1.42. The summed E-state index contributed by atoms with van der Waals surface area (Å²) in [5.74, 6) is -2.37. The number of thiophene rings is 1. The van der Waals surface area contributed by atoms with Crippen LogP contribution in [-0.2, 0) is 19.1 Å². The van der Waals surface area contributed by atoms with E-state index in [1.54, 1.807) is 26.0 Å². The highest BCUT2D eigenvalue weighted by atomic mass is 32.1. The molecular formula is C21H22FN3O5S. The van der Waals surface area contributed by atoms with Crippen LogP contribution >= 0.6 is 11.3 Å². The third-order valence-electron chi connectivity index (χ3n) is 5.04. The highest BCUT2D eigenvalue weighted by molar-refractivity contribution is 7.10. The summed E-state index contributed by atoms with van der Waals surface area (Å²) in [4.78, 5) is 50.4. The van der Waals surface area contributed by atoms with Gasteiger partial charge in [0.2, 0.25) is 0 Å². The molecule has 2 heterocycles. The van der Waals surface area contributed by atoms with Crippen LogP contribution in [0.4, 0.5) is 9.18 Å². The molecule has 3 rings (SSSR count). The van der Waals surface area contributed by atoms with Crippen molar-refractivity contribution in [2.24, 2.45) is 0 Å². The smallest absolute Gasteiger partial charge is 0.326 e. The van der Waals surface area contributed by atoms with Gasteiger partial charge in [-0.25, -0.2) is 9.18 Å². The van der Waals surface area contributed by atoms with Crippen LogP contribution < -0.4 is 10.6 Å². The fourth-order valence-electron chi connectivity index (χ4n) is 3.08. The van der Waals surface area contributed by atoms with E-state index in [9.17, 15) is 23.6 Å². The van der Waals surface area contributed by atoms with Crippen LogP contribution in [0.15, 0.2) is 41.8 Å². The van der Waals surface area contributed by atoms with E-state index in [2.05, 4.69) is 10.6 Å². The third kappa shape index (κ3) is 5.08. The number of urea groups is 1. The highest BCUT2D eigenvalue weighted by Crippen LogP contribution is 2.26. The van der Waals surface area contributed by atoms with Crippen LogP contribution in [0.3, 0.4) is 0 Å². The summed E-state index contributed by atoms with van der Waals surface area (Å²) in [6, 6.07) is 8.16. The Morgan fingerprint density at radius 2 is 1.97 bits per heavy atom. The molecule has 0 bridgehead atoms. The molecular weight excluding hydrogens is 425 g/mol. The number of amides is 4. The predicted molar refractivity (Wildman–Crippen MR) is 111 cm³/mol. The Kier molecular flexibility index (Phi) is 6.69. The lowest BCUT2D eigenvalue weighted by Crippen LogP contribution is -2.43. The Balaban J connectivity index is 1.58. The van der Waals surface area contributed by atoms with E-state index in [0.29, 0.717) is 12.0 Å². The first-order chi connectivity index (χ1) is 14.7. The zero-order valence-corrected chi connectivity index (χ0v) is 17.8. The Bertz CT molecular complexity index is 979. The van der Waals surface area contributed by atoms with Gasteiger partial charge >= 0.3 is 12.0 Å². The molecule has 1 saturated heterocycles. The summed E-state index contributed by atoms with van der Waals surface area (Å²) in [6.45, 7) is 2.15. The van der Waals surface area contributed by atoms with Crippen molar-refractivity contribution in [3.05, 3.63) is 58.0 Å². The molecule has 1 fully saturated rings. The molecule has 1 aliphatic heterocycles. The zero-order chi connectivity index (χ0) is 22.6. The quantitative estimate of drug-likeness (QED) is 0.478. The van der Waals surface area contributed by atoms with Crippen LogP contribution in [0.25, 0.3) is 0 Å². The Morgan fingerprint density at radius 3 is 2.55 bits per heavy atom. The van der Waals surface area contributed by atoms with E-state index >= 15 is 0 Å². The second-order valence-electron chi connectivity index (χ2n) is 7.24. The van der Waals surface area contributed by atoms with Gasteiger partial charge < -0.3 is 15.4 Å².